The SMILES string of the molecule is C=N/C=N\C=C(/C)c1ccc2c3ccc(-c4cncnc4)cc3n(-c3cccc4c3C(=O)N(C)C4=O)c2c1. The Kier molecular flexibility index (Phi) is 5.49. The number of hydrogen-bond acceptors (Lipinski definition) is 5. The van der Waals surface area contributed by atoms with Crippen molar-refractivity contribution < 1.29 is 9.59 Å². The summed E-state index contributed by atoms with van der Waals surface area (Å²) < 4.78 is 2.06. The largest absolute Gasteiger partial charge is 0.308 e. The van der Waals surface area contributed by atoms with E-state index in [2.05, 4.69) is 55.5 Å². The summed E-state index contributed by atoms with van der Waals surface area (Å²) >= 11 is 0. The monoisotopic (exact) mass is 498 g/mol. The van der Waals surface area contributed by atoms with Gasteiger partial charge < -0.3 is 4.57 Å². The Morgan fingerprint density at radius 1 is 0.921 bits per heavy atom. The van der Waals surface area contributed by atoms with E-state index in [1.165, 1.54) is 24.6 Å². The van der Waals surface area contributed by atoms with Crippen molar-refractivity contribution in [3.8, 4) is 16.8 Å². The minimum Gasteiger partial charge on any atom is -0.308 e. The van der Waals surface area contributed by atoms with E-state index in [4.69, 9.17) is 0 Å². The summed E-state index contributed by atoms with van der Waals surface area (Å²) in [5, 5.41) is 2.04. The van der Waals surface area contributed by atoms with Crippen LogP contribution in [0.5, 0.6) is 0 Å². The maximum Gasteiger partial charge on any atom is 0.263 e. The molecule has 1 aliphatic heterocycles. The average molecular weight is 499 g/mol. The summed E-state index contributed by atoms with van der Waals surface area (Å²) in [5.74, 6) is -0.621. The number of imide groups is 1. The molecule has 0 aliphatic carbocycles. The van der Waals surface area contributed by atoms with Gasteiger partial charge in [-0.05, 0) is 54.6 Å². The molecule has 0 radical (unpaired) electrons. The van der Waals surface area contributed by atoms with Gasteiger partial charge in [0.05, 0.1) is 27.8 Å². The number of carbonyl (C=O) groups is 2. The van der Waals surface area contributed by atoms with Crippen molar-refractivity contribution in [3.63, 3.8) is 0 Å². The summed E-state index contributed by atoms with van der Waals surface area (Å²) in [6, 6.07) is 17.8. The lowest BCUT2D eigenvalue weighted by molar-refractivity contribution is 0.0693. The van der Waals surface area contributed by atoms with Crippen molar-refractivity contribution in [1.82, 2.24) is 19.4 Å². The maximum absolute atomic E-state index is 13.2. The zero-order chi connectivity index (χ0) is 26.4. The van der Waals surface area contributed by atoms with Gasteiger partial charge in [0.25, 0.3) is 11.8 Å². The van der Waals surface area contributed by atoms with Gasteiger partial charge in [0.15, 0.2) is 0 Å². The molecule has 3 heterocycles. The molecule has 0 spiro atoms. The Balaban J connectivity index is 1.69. The number of nitrogens with zero attached hydrogens (tertiary/aromatic N) is 6. The Bertz CT molecular complexity index is 1850. The van der Waals surface area contributed by atoms with E-state index >= 15 is 0 Å². The van der Waals surface area contributed by atoms with Crippen LogP contribution in [-0.4, -0.2) is 51.4 Å². The lowest BCUT2D eigenvalue weighted by atomic mass is 10.0. The molecule has 5 aromatic rings. The fraction of sp³-hybridized carbons (Fsp3) is 0.0667. The number of benzene rings is 3. The molecule has 2 amide bonds. The number of fused-ring (bicyclic) bond motifs is 4. The average Bonchev–Trinajstić information content (AvgIpc) is 3.39. The number of carbonyl (C=O) groups excluding carboxylic acids is 2. The quantitative estimate of drug-likeness (QED) is 0.180. The van der Waals surface area contributed by atoms with Crippen molar-refractivity contribution in [2.24, 2.45) is 9.98 Å². The smallest absolute Gasteiger partial charge is 0.263 e. The van der Waals surface area contributed by atoms with Gasteiger partial charge in [0, 0.05) is 42.0 Å². The Hall–Kier alpha value is -5.24. The fourth-order valence-corrected chi connectivity index (χ4v) is 4.99. The normalized spacial score (nSPS) is 13.7. The number of allylic oxidation sites excluding steroid dienone is 1. The third kappa shape index (κ3) is 3.54. The molecule has 0 atom stereocenters. The van der Waals surface area contributed by atoms with Crippen molar-refractivity contribution in [2.75, 3.05) is 7.05 Å². The van der Waals surface area contributed by atoms with Gasteiger partial charge in [-0.15, -0.1) is 0 Å². The molecular formula is C30H22N6O2. The number of rotatable bonds is 5. The first kappa shape index (κ1) is 23.2. The molecule has 8 heteroatoms. The zero-order valence-corrected chi connectivity index (χ0v) is 20.8. The molecule has 6 rings (SSSR count). The Morgan fingerprint density at radius 2 is 1.66 bits per heavy atom. The molecular weight excluding hydrogens is 476 g/mol. The predicted octanol–water partition coefficient (Wildman–Crippen LogP) is 5.56. The minimum absolute atomic E-state index is 0.303. The standard InChI is InChI=1S/C30H22N6O2/c1-18(13-32-16-31-2)19-7-9-22-23-10-8-20(21-14-33-17-34-15-21)12-27(23)36(26(22)11-19)25-6-4-5-24-28(25)30(38)35(3)29(24)37/h4-17H,2H2,1,3H3/b18-13+,32-16-. The summed E-state index contributed by atoms with van der Waals surface area (Å²) in [7, 11) is 1.51. The van der Waals surface area contributed by atoms with Crippen LogP contribution in [0, 0.1) is 0 Å². The van der Waals surface area contributed by atoms with Gasteiger partial charge >= 0.3 is 0 Å². The van der Waals surface area contributed by atoms with E-state index in [0.717, 1.165) is 44.1 Å². The van der Waals surface area contributed by atoms with Gasteiger partial charge in [-0.3, -0.25) is 19.5 Å². The van der Waals surface area contributed by atoms with Gasteiger partial charge in [-0.25, -0.2) is 15.0 Å². The van der Waals surface area contributed by atoms with Crippen molar-refractivity contribution in [3.05, 3.63) is 96.2 Å². The number of aliphatic imine (C=N–C) groups is 2. The summed E-state index contributed by atoms with van der Waals surface area (Å²) in [6.07, 6.45) is 8.15. The molecule has 0 unspecified atom stereocenters. The van der Waals surface area contributed by atoms with Gasteiger partial charge in [-0.1, -0.05) is 30.3 Å². The van der Waals surface area contributed by atoms with Crippen molar-refractivity contribution in [2.45, 2.75) is 6.92 Å². The topological polar surface area (TPSA) is 92.8 Å². The molecule has 0 bridgehead atoms. The lowest BCUT2D eigenvalue weighted by Gasteiger charge is -2.13. The second-order valence-corrected chi connectivity index (χ2v) is 9.05. The van der Waals surface area contributed by atoms with Crippen molar-refractivity contribution in [1.29, 1.82) is 0 Å². The summed E-state index contributed by atoms with van der Waals surface area (Å²) in [6.45, 7) is 5.39. The van der Waals surface area contributed by atoms with Crippen LogP contribution in [0.25, 0.3) is 44.2 Å². The Morgan fingerprint density at radius 3 is 2.42 bits per heavy atom. The first-order chi connectivity index (χ1) is 18.5. The highest BCUT2D eigenvalue weighted by Crippen LogP contribution is 2.38. The molecule has 3 aromatic carbocycles. The molecule has 184 valence electrons. The highest BCUT2D eigenvalue weighted by Gasteiger charge is 2.35. The second-order valence-electron chi connectivity index (χ2n) is 9.05. The first-order valence-corrected chi connectivity index (χ1v) is 11.9. The molecule has 0 fully saturated rings. The van der Waals surface area contributed by atoms with Crippen LogP contribution >= 0.6 is 0 Å². The number of hydrogen-bond donors (Lipinski definition) is 0. The van der Waals surface area contributed by atoms with Gasteiger partial charge in [-0.2, -0.15) is 0 Å². The van der Waals surface area contributed by atoms with Crippen LogP contribution in [0.3, 0.4) is 0 Å². The highest BCUT2D eigenvalue weighted by molar-refractivity contribution is 6.23. The predicted molar refractivity (Wildman–Crippen MR) is 150 cm³/mol. The minimum atomic E-state index is -0.318. The van der Waals surface area contributed by atoms with Crippen LogP contribution in [0.15, 0.2) is 89.5 Å². The van der Waals surface area contributed by atoms with Crippen LogP contribution in [0.1, 0.15) is 33.2 Å². The van der Waals surface area contributed by atoms with Crippen LogP contribution < -0.4 is 0 Å². The van der Waals surface area contributed by atoms with E-state index in [0.29, 0.717) is 16.8 Å². The van der Waals surface area contributed by atoms with Crippen LogP contribution in [0.4, 0.5) is 0 Å². The number of aromatic nitrogens is 3. The van der Waals surface area contributed by atoms with E-state index in [1.54, 1.807) is 24.7 Å². The molecule has 2 aromatic heterocycles. The molecule has 0 saturated carbocycles. The van der Waals surface area contributed by atoms with Crippen LogP contribution in [-0.2, 0) is 0 Å². The number of amides is 2. The van der Waals surface area contributed by atoms with Gasteiger partial charge in [0.2, 0.25) is 0 Å². The molecule has 0 saturated heterocycles. The zero-order valence-electron chi connectivity index (χ0n) is 20.8. The maximum atomic E-state index is 13.2. The highest BCUT2D eigenvalue weighted by atomic mass is 16.2. The third-order valence-electron chi connectivity index (χ3n) is 6.87. The third-order valence-corrected chi connectivity index (χ3v) is 6.87. The molecule has 1 aliphatic rings. The summed E-state index contributed by atoms with van der Waals surface area (Å²) in [4.78, 5) is 43.4. The van der Waals surface area contributed by atoms with E-state index in [9.17, 15) is 9.59 Å². The molecule has 0 N–H and O–H groups in total. The first-order valence-electron chi connectivity index (χ1n) is 11.9. The summed E-state index contributed by atoms with van der Waals surface area (Å²) in [5.41, 5.74) is 6.97. The van der Waals surface area contributed by atoms with E-state index in [1.807, 2.05) is 31.2 Å². The van der Waals surface area contributed by atoms with Crippen molar-refractivity contribution >= 4 is 52.2 Å². The molecule has 38 heavy (non-hydrogen) atoms. The fourth-order valence-electron chi connectivity index (χ4n) is 4.99. The van der Waals surface area contributed by atoms with E-state index in [-0.39, 0.29) is 11.8 Å². The lowest BCUT2D eigenvalue weighted by Crippen LogP contribution is -2.24. The molecule has 8 nitrogen and oxygen atoms in total. The van der Waals surface area contributed by atoms with Crippen LogP contribution in [0.2, 0.25) is 0 Å². The van der Waals surface area contributed by atoms with Gasteiger partial charge in [0.1, 0.15) is 12.7 Å². The second kappa shape index (κ2) is 9.01. The Labute approximate surface area is 218 Å². The van der Waals surface area contributed by atoms with E-state index < -0.39 is 0 Å².